The molecule has 0 spiro atoms. The van der Waals surface area contributed by atoms with E-state index in [1.807, 2.05) is 24.3 Å². The van der Waals surface area contributed by atoms with Crippen LogP contribution < -0.4 is 29.6 Å². The Labute approximate surface area is 272 Å². The number of hydrogen-bond acceptors (Lipinski definition) is 10. The Morgan fingerprint density at radius 2 is 1.17 bits per heavy atom. The highest BCUT2D eigenvalue weighted by Gasteiger charge is 2.16. The average molecular weight is 645 g/mol. The first-order chi connectivity index (χ1) is 22.1. The summed E-state index contributed by atoms with van der Waals surface area (Å²) in [6, 6.07) is 7.63. The lowest BCUT2D eigenvalue weighted by atomic mass is 10.0. The Morgan fingerprint density at radius 1 is 0.761 bits per heavy atom. The predicted molar refractivity (Wildman–Crippen MR) is 176 cm³/mol. The smallest absolute Gasteiger partial charge is 0.328 e. The van der Waals surface area contributed by atoms with Crippen molar-refractivity contribution in [3.8, 4) is 23.3 Å². The van der Waals surface area contributed by atoms with E-state index in [2.05, 4.69) is 48.3 Å². The summed E-state index contributed by atoms with van der Waals surface area (Å²) < 4.78 is 23.1. The van der Waals surface area contributed by atoms with Gasteiger partial charge in [-0.05, 0) is 74.9 Å². The maximum atomic E-state index is 9.55. The second-order valence-electron chi connectivity index (χ2n) is 12.1. The number of nitrogens with one attached hydrogen (secondary N) is 2. The molecule has 2 saturated heterocycles. The number of carboxylic acids is 2. The van der Waals surface area contributed by atoms with Crippen LogP contribution in [0.2, 0.25) is 0 Å². The van der Waals surface area contributed by atoms with Gasteiger partial charge in [-0.15, -0.1) is 0 Å². The van der Waals surface area contributed by atoms with Crippen LogP contribution in [0.15, 0.2) is 48.8 Å². The van der Waals surface area contributed by atoms with Gasteiger partial charge in [0.25, 0.3) is 11.8 Å². The van der Waals surface area contributed by atoms with Crippen LogP contribution in [0.5, 0.6) is 23.3 Å². The Morgan fingerprint density at radius 3 is 1.50 bits per heavy atom. The van der Waals surface area contributed by atoms with Crippen molar-refractivity contribution in [1.82, 2.24) is 20.6 Å². The fourth-order valence-electron chi connectivity index (χ4n) is 4.37. The molecule has 0 aliphatic carbocycles. The molecule has 12 heteroatoms. The molecule has 4 heterocycles. The van der Waals surface area contributed by atoms with Gasteiger partial charge in [0.15, 0.2) is 11.5 Å². The van der Waals surface area contributed by atoms with Gasteiger partial charge in [0, 0.05) is 49.5 Å². The molecule has 2 aliphatic heterocycles. The van der Waals surface area contributed by atoms with Crippen molar-refractivity contribution < 1.29 is 38.7 Å². The van der Waals surface area contributed by atoms with Crippen LogP contribution in [0.25, 0.3) is 0 Å². The minimum Gasteiger partial charge on any atom is -0.488 e. The third-order valence-electron chi connectivity index (χ3n) is 6.69. The summed E-state index contributed by atoms with van der Waals surface area (Å²) in [5.74, 6) is 2.37. The van der Waals surface area contributed by atoms with E-state index < -0.39 is 11.9 Å². The molecule has 2 aromatic rings. The second-order valence-corrected chi connectivity index (χ2v) is 12.1. The van der Waals surface area contributed by atoms with Crippen molar-refractivity contribution >= 4 is 11.9 Å². The summed E-state index contributed by atoms with van der Waals surface area (Å²) in [5, 5.41) is 22.4. The van der Waals surface area contributed by atoms with Crippen LogP contribution in [0.4, 0.5) is 0 Å². The molecular formula is C34H52N4O8. The third kappa shape index (κ3) is 17.6. The number of pyridine rings is 2. The van der Waals surface area contributed by atoms with Gasteiger partial charge in [-0.1, -0.05) is 27.7 Å². The van der Waals surface area contributed by atoms with Crippen molar-refractivity contribution in [2.75, 3.05) is 52.6 Å². The number of aromatic nitrogens is 2. The fourth-order valence-corrected chi connectivity index (χ4v) is 4.37. The van der Waals surface area contributed by atoms with E-state index in [1.54, 1.807) is 12.4 Å². The normalized spacial score (nSPS) is 17.7. The first kappa shape index (κ1) is 38.3. The van der Waals surface area contributed by atoms with E-state index in [0.717, 1.165) is 50.9 Å². The minimum absolute atomic E-state index is 0.484. The molecule has 2 aromatic heterocycles. The van der Waals surface area contributed by atoms with Crippen LogP contribution >= 0.6 is 0 Å². The number of carboxylic acid groups (broad SMARTS) is 2. The van der Waals surface area contributed by atoms with Gasteiger partial charge < -0.3 is 39.8 Å². The van der Waals surface area contributed by atoms with Crippen LogP contribution in [0.3, 0.4) is 0 Å². The van der Waals surface area contributed by atoms with E-state index in [1.165, 1.54) is 25.7 Å². The van der Waals surface area contributed by atoms with Gasteiger partial charge in [0.2, 0.25) is 0 Å². The molecule has 12 nitrogen and oxygen atoms in total. The lowest BCUT2D eigenvalue weighted by molar-refractivity contribution is -0.134. The molecule has 256 valence electrons. The van der Waals surface area contributed by atoms with Gasteiger partial charge in [-0.25, -0.2) is 19.6 Å². The minimum atomic E-state index is -1.26. The molecular weight excluding hydrogens is 592 g/mol. The largest absolute Gasteiger partial charge is 0.488 e. The average Bonchev–Trinajstić information content (AvgIpc) is 3.06. The van der Waals surface area contributed by atoms with E-state index in [9.17, 15) is 9.59 Å². The second kappa shape index (κ2) is 22.6. The van der Waals surface area contributed by atoms with Gasteiger partial charge in [0.05, 0.1) is 26.4 Å². The number of carbonyl (C=O) groups is 2. The van der Waals surface area contributed by atoms with Gasteiger partial charge in [0.1, 0.15) is 0 Å². The zero-order chi connectivity index (χ0) is 33.6. The molecule has 0 saturated carbocycles. The number of nitrogens with zero attached hydrogens (tertiary/aromatic N) is 2. The van der Waals surface area contributed by atoms with Crippen LogP contribution in [0.1, 0.15) is 53.4 Å². The summed E-state index contributed by atoms with van der Waals surface area (Å²) in [5.41, 5.74) is 0. The van der Waals surface area contributed by atoms with Crippen molar-refractivity contribution in [2.24, 2.45) is 23.7 Å². The van der Waals surface area contributed by atoms with E-state index >= 15 is 0 Å². The first-order valence-corrected chi connectivity index (χ1v) is 16.1. The molecule has 0 unspecified atom stereocenters. The van der Waals surface area contributed by atoms with Crippen molar-refractivity contribution in [3.63, 3.8) is 0 Å². The van der Waals surface area contributed by atoms with Crippen molar-refractivity contribution in [3.05, 3.63) is 48.8 Å². The quantitative estimate of drug-likeness (QED) is 0.210. The standard InChI is InChI=1S/2C15H24N2O2.C4H4O4/c2*1-12(2)10-19-15-14(6-4-8-17-15)18-11-13-5-3-7-16-9-13;5-3(6)1-2-4(7)8/h2*4,6,8,12-13,16H,3,5,7,9-11H2,1-2H3;1-2H,(H,5,6)(H,7,8)/b;;2-1+/t2*13-;/m00./s1. The van der Waals surface area contributed by atoms with Gasteiger partial charge in [-0.2, -0.15) is 0 Å². The fraction of sp³-hybridized carbons (Fsp3) is 0.588. The highest BCUT2D eigenvalue weighted by molar-refractivity contribution is 5.89. The predicted octanol–water partition coefficient (Wildman–Crippen LogP) is 4.70. The number of hydrogen-bond donors (Lipinski definition) is 4. The molecule has 0 aromatic carbocycles. The lowest BCUT2D eigenvalue weighted by Crippen LogP contribution is -2.33. The summed E-state index contributed by atoms with van der Waals surface area (Å²) in [6.07, 6.45) is 9.53. The molecule has 0 radical (unpaired) electrons. The molecule has 4 rings (SSSR count). The molecule has 2 atom stereocenters. The zero-order valence-electron chi connectivity index (χ0n) is 27.7. The zero-order valence-corrected chi connectivity index (χ0v) is 27.7. The van der Waals surface area contributed by atoms with Gasteiger partial charge >= 0.3 is 11.9 Å². The van der Waals surface area contributed by atoms with E-state index in [0.29, 0.717) is 60.8 Å². The summed E-state index contributed by atoms with van der Waals surface area (Å²) in [4.78, 5) is 27.6. The Kier molecular flexibility index (Phi) is 18.8. The first-order valence-electron chi connectivity index (χ1n) is 16.1. The maximum Gasteiger partial charge on any atom is 0.328 e. The summed E-state index contributed by atoms with van der Waals surface area (Å²) in [6.45, 7) is 15.6. The van der Waals surface area contributed by atoms with Crippen LogP contribution in [0, 0.1) is 23.7 Å². The Hall–Kier alpha value is -3.90. The highest BCUT2D eigenvalue weighted by Crippen LogP contribution is 2.26. The van der Waals surface area contributed by atoms with E-state index in [4.69, 9.17) is 29.2 Å². The van der Waals surface area contributed by atoms with Crippen LogP contribution in [-0.4, -0.2) is 84.7 Å². The number of piperidine rings is 2. The monoisotopic (exact) mass is 644 g/mol. The topological polar surface area (TPSA) is 161 Å². The number of rotatable bonds is 14. The summed E-state index contributed by atoms with van der Waals surface area (Å²) >= 11 is 0. The SMILES string of the molecule is CC(C)COc1ncccc1OC[C@H]1CCCNC1.CC(C)COc1ncccc1OC[C@H]1CCCNC1.O=C(O)/C=C/C(=O)O. The maximum absolute atomic E-state index is 9.55. The highest BCUT2D eigenvalue weighted by atomic mass is 16.5. The Balaban J connectivity index is 0.000000261. The molecule has 2 aliphatic rings. The number of ether oxygens (including phenoxy) is 4. The van der Waals surface area contributed by atoms with Gasteiger partial charge in [-0.3, -0.25) is 0 Å². The molecule has 0 amide bonds. The molecule has 0 bridgehead atoms. The molecule has 4 N–H and O–H groups in total. The molecule has 2 fully saturated rings. The molecule has 46 heavy (non-hydrogen) atoms. The van der Waals surface area contributed by atoms with Crippen LogP contribution in [-0.2, 0) is 9.59 Å². The number of aliphatic carboxylic acids is 2. The van der Waals surface area contributed by atoms with Crippen molar-refractivity contribution in [1.29, 1.82) is 0 Å². The lowest BCUT2D eigenvalue weighted by Gasteiger charge is -2.23. The van der Waals surface area contributed by atoms with E-state index in [-0.39, 0.29) is 0 Å². The Bertz CT molecular complexity index is 1080. The van der Waals surface area contributed by atoms with Crippen molar-refractivity contribution in [2.45, 2.75) is 53.4 Å². The summed E-state index contributed by atoms with van der Waals surface area (Å²) in [7, 11) is 0. The third-order valence-corrected chi connectivity index (χ3v) is 6.69.